The van der Waals surface area contributed by atoms with E-state index in [4.69, 9.17) is 16.7 Å². The van der Waals surface area contributed by atoms with Gasteiger partial charge in [-0.15, -0.1) is 0 Å². The third-order valence-corrected chi connectivity index (χ3v) is 4.15. The molecule has 1 heterocycles. The van der Waals surface area contributed by atoms with E-state index < -0.39 is 0 Å². The predicted molar refractivity (Wildman–Crippen MR) is 90.3 cm³/mol. The first kappa shape index (κ1) is 15.7. The Labute approximate surface area is 139 Å². The van der Waals surface area contributed by atoms with Gasteiger partial charge in [-0.3, -0.25) is 9.78 Å². The Balaban J connectivity index is 1.73. The molecule has 23 heavy (non-hydrogen) atoms. The van der Waals surface area contributed by atoms with Gasteiger partial charge in [-0.05, 0) is 30.2 Å². The second-order valence-electron chi connectivity index (χ2n) is 5.61. The SMILES string of the molecule is O=C(N[C@@H]1C=C[C@H](CO)C1)c1cncc(-c2ccc(Cl)cc2)c1. The van der Waals surface area contributed by atoms with Crippen molar-refractivity contribution in [2.75, 3.05) is 6.61 Å². The number of amides is 1. The molecule has 118 valence electrons. The normalized spacial score (nSPS) is 19.7. The summed E-state index contributed by atoms with van der Waals surface area (Å²) in [6.45, 7) is 0.108. The average molecular weight is 329 g/mol. The second-order valence-corrected chi connectivity index (χ2v) is 6.05. The van der Waals surface area contributed by atoms with E-state index in [0.717, 1.165) is 17.5 Å². The molecule has 2 N–H and O–H groups in total. The Hall–Kier alpha value is -2.17. The summed E-state index contributed by atoms with van der Waals surface area (Å²) in [7, 11) is 0. The van der Waals surface area contributed by atoms with E-state index in [1.165, 1.54) is 0 Å². The molecule has 1 aromatic heterocycles. The van der Waals surface area contributed by atoms with Gasteiger partial charge in [0.25, 0.3) is 5.91 Å². The minimum atomic E-state index is -0.165. The molecule has 1 aliphatic rings. The van der Waals surface area contributed by atoms with Crippen LogP contribution >= 0.6 is 11.6 Å². The average Bonchev–Trinajstić information content (AvgIpc) is 3.03. The Kier molecular flexibility index (Phi) is 4.74. The number of benzene rings is 1. The van der Waals surface area contributed by atoms with Crippen LogP contribution in [0, 0.1) is 5.92 Å². The van der Waals surface area contributed by atoms with Crippen LogP contribution < -0.4 is 5.32 Å². The Bertz CT molecular complexity index is 728. The molecule has 1 amide bonds. The number of aromatic nitrogens is 1. The number of nitrogens with zero attached hydrogens (tertiary/aromatic N) is 1. The highest BCUT2D eigenvalue weighted by atomic mass is 35.5. The standard InChI is InChI=1S/C18H17ClN2O2/c19-16-4-2-13(3-5-16)14-8-15(10-20-9-14)18(23)21-17-6-1-12(7-17)11-22/h1-6,8-10,12,17,22H,7,11H2,(H,21,23)/t12-,17+/m0/s1. The van der Waals surface area contributed by atoms with Crippen molar-refractivity contribution in [2.24, 2.45) is 5.92 Å². The van der Waals surface area contributed by atoms with Gasteiger partial charge in [-0.2, -0.15) is 0 Å². The Morgan fingerprint density at radius 3 is 2.70 bits per heavy atom. The first-order valence-corrected chi connectivity index (χ1v) is 7.84. The number of halogens is 1. The number of nitrogens with one attached hydrogen (secondary N) is 1. The number of carbonyl (C=O) groups is 1. The van der Waals surface area contributed by atoms with E-state index in [1.54, 1.807) is 12.4 Å². The summed E-state index contributed by atoms with van der Waals surface area (Å²) in [6.07, 6.45) is 7.86. The van der Waals surface area contributed by atoms with Crippen LogP contribution in [0.5, 0.6) is 0 Å². The lowest BCUT2D eigenvalue weighted by Gasteiger charge is -2.13. The van der Waals surface area contributed by atoms with Gasteiger partial charge in [0.2, 0.25) is 0 Å². The molecule has 0 bridgehead atoms. The molecule has 2 aromatic rings. The zero-order valence-corrected chi connectivity index (χ0v) is 13.2. The van der Waals surface area contributed by atoms with Crippen molar-refractivity contribution in [3.05, 3.63) is 65.5 Å². The lowest BCUT2D eigenvalue weighted by atomic mass is 10.1. The van der Waals surface area contributed by atoms with Crippen molar-refractivity contribution in [2.45, 2.75) is 12.5 Å². The molecule has 5 heteroatoms. The van der Waals surface area contributed by atoms with Crippen molar-refractivity contribution >= 4 is 17.5 Å². The van der Waals surface area contributed by atoms with E-state index in [-0.39, 0.29) is 24.5 Å². The highest BCUT2D eigenvalue weighted by Crippen LogP contribution is 2.22. The summed E-state index contributed by atoms with van der Waals surface area (Å²) < 4.78 is 0. The summed E-state index contributed by atoms with van der Waals surface area (Å²) >= 11 is 5.90. The summed E-state index contributed by atoms with van der Waals surface area (Å²) in [6, 6.07) is 9.18. The molecule has 0 unspecified atom stereocenters. The van der Waals surface area contributed by atoms with Gasteiger partial charge in [0.1, 0.15) is 0 Å². The summed E-state index contributed by atoms with van der Waals surface area (Å²) in [5, 5.41) is 12.8. The number of carbonyl (C=O) groups excluding carboxylic acids is 1. The molecule has 3 rings (SSSR count). The number of rotatable bonds is 4. The summed E-state index contributed by atoms with van der Waals surface area (Å²) in [5.41, 5.74) is 2.33. The lowest BCUT2D eigenvalue weighted by molar-refractivity contribution is 0.0940. The highest BCUT2D eigenvalue weighted by molar-refractivity contribution is 6.30. The van der Waals surface area contributed by atoms with Crippen LogP contribution in [0.15, 0.2) is 54.9 Å². The molecule has 0 saturated carbocycles. The fourth-order valence-electron chi connectivity index (χ4n) is 2.63. The quantitative estimate of drug-likeness (QED) is 0.848. The lowest BCUT2D eigenvalue weighted by Crippen LogP contribution is -2.33. The number of pyridine rings is 1. The predicted octanol–water partition coefficient (Wildman–Crippen LogP) is 3.07. The third kappa shape index (κ3) is 3.78. The zero-order chi connectivity index (χ0) is 16.2. The molecule has 0 aliphatic heterocycles. The molecular formula is C18H17ClN2O2. The van der Waals surface area contributed by atoms with Gasteiger partial charge in [0.15, 0.2) is 0 Å². The zero-order valence-electron chi connectivity index (χ0n) is 12.4. The molecule has 2 atom stereocenters. The molecule has 0 radical (unpaired) electrons. The summed E-state index contributed by atoms with van der Waals surface area (Å²) in [5.74, 6) is -0.0413. The van der Waals surface area contributed by atoms with Gasteiger partial charge in [-0.1, -0.05) is 35.9 Å². The van der Waals surface area contributed by atoms with Gasteiger partial charge in [-0.25, -0.2) is 0 Å². The first-order valence-electron chi connectivity index (χ1n) is 7.47. The van der Waals surface area contributed by atoms with Crippen molar-refractivity contribution in [3.8, 4) is 11.1 Å². The van der Waals surface area contributed by atoms with Crippen molar-refractivity contribution in [3.63, 3.8) is 0 Å². The minimum Gasteiger partial charge on any atom is -0.396 e. The van der Waals surface area contributed by atoms with E-state index in [1.807, 2.05) is 42.5 Å². The second kappa shape index (κ2) is 6.94. The van der Waals surface area contributed by atoms with E-state index in [9.17, 15) is 4.79 Å². The fourth-order valence-corrected chi connectivity index (χ4v) is 2.76. The van der Waals surface area contributed by atoms with E-state index >= 15 is 0 Å². The Morgan fingerprint density at radius 2 is 2.00 bits per heavy atom. The monoisotopic (exact) mass is 328 g/mol. The van der Waals surface area contributed by atoms with Crippen LogP contribution in [-0.2, 0) is 0 Å². The van der Waals surface area contributed by atoms with Crippen LogP contribution in [0.1, 0.15) is 16.8 Å². The molecule has 1 aliphatic carbocycles. The number of hydrogen-bond donors (Lipinski definition) is 2. The largest absolute Gasteiger partial charge is 0.396 e. The van der Waals surface area contributed by atoms with Crippen molar-refractivity contribution < 1.29 is 9.90 Å². The van der Waals surface area contributed by atoms with Crippen LogP contribution in [0.25, 0.3) is 11.1 Å². The topological polar surface area (TPSA) is 62.2 Å². The molecule has 0 spiro atoms. The maximum absolute atomic E-state index is 12.4. The van der Waals surface area contributed by atoms with Crippen LogP contribution in [0.4, 0.5) is 0 Å². The number of aliphatic hydroxyl groups excluding tert-OH is 1. The van der Waals surface area contributed by atoms with E-state index in [2.05, 4.69) is 10.3 Å². The van der Waals surface area contributed by atoms with Crippen LogP contribution in [-0.4, -0.2) is 28.6 Å². The van der Waals surface area contributed by atoms with Gasteiger partial charge in [0.05, 0.1) is 5.56 Å². The smallest absolute Gasteiger partial charge is 0.253 e. The fraction of sp³-hybridized carbons (Fsp3) is 0.222. The van der Waals surface area contributed by atoms with Crippen molar-refractivity contribution in [1.82, 2.24) is 10.3 Å². The molecule has 0 fully saturated rings. The Morgan fingerprint density at radius 1 is 1.22 bits per heavy atom. The van der Waals surface area contributed by atoms with E-state index in [0.29, 0.717) is 10.6 Å². The van der Waals surface area contributed by atoms with Gasteiger partial charge in [0, 0.05) is 41.5 Å². The highest BCUT2D eigenvalue weighted by Gasteiger charge is 2.20. The molecule has 0 saturated heterocycles. The minimum absolute atomic E-state index is 0.0427. The number of hydrogen-bond acceptors (Lipinski definition) is 3. The first-order chi connectivity index (χ1) is 11.2. The molecular weight excluding hydrogens is 312 g/mol. The maximum atomic E-state index is 12.4. The summed E-state index contributed by atoms with van der Waals surface area (Å²) in [4.78, 5) is 16.5. The van der Waals surface area contributed by atoms with Gasteiger partial charge >= 0.3 is 0 Å². The molecule has 4 nitrogen and oxygen atoms in total. The molecule has 1 aromatic carbocycles. The van der Waals surface area contributed by atoms with Crippen LogP contribution in [0.3, 0.4) is 0 Å². The van der Waals surface area contributed by atoms with Crippen LogP contribution in [0.2, 0.25) is 5.02 Å². The third-order valence-electron chi connectivity index (χ3n) is 3.90. The van der Waals surface area contributed by atoms with Gasteiger partial charge < -0.3 is 10.4 Å². The van der Waals surface area contributed by atoms with Crippen molar-refractivity contribution in [1.29, 1.82) is 0 Å². The number of aliphatic hydroxyl groups is 1. The maximum Gasteiger partial charge on any atom is 0.253 e.